The van der Waals surface area contributed by atoms with Crippen LogP contribution in [0.3, 0.4) is 0 Å². The van der Waals surface area contributed by atoms with Gasteiger partial charge in [-0.3, -0.25) is 4.90 Å². The monoisotopic (exact) mass is 374 g/mol. The lowest BCUT2D eigenvalue weighted by Crippen LogP contribution is -2.27. The molecule has 1 saturated carbocycles. The summed E-state index contributed by atoms with van der Waals surface area (Å²) in [5.41, 5.74) is 0. The molecule has 2 aromatic rings. The highest BCUT2D eigenvalue weighted by molar-refractivity contribution is 7.99. The van der Waals surface area contributed by atoms with Gasteiger partial charge in [0.25, 0.3) is 0 Å². The molecule has 0 radical (unpaired) electrons. The highest BCUT2D eigenvalue weighted by Gasteiger charge is 2.17. The van der Waals surface area contributed by atoms with Crippen LogP contribution in [-0.4, -0.2) is 45.6 Å². The molecule has 0 amide bonds. The van der Waals surface area contributed by atoms with E-state index in [9.17, 15) is 0 Å². The van der Waals surface area contributed by atoms with E-state index in [4.69, 9.17) is 4.74 Å². The van der Waals surface area contributed by atoms with Crippen LogP contribution in [0.1, 0.15) is 37.9 Å². The summed E-state index contributed by atoms with van der Waals surface area (Å²) in [5, 5.41) is 9.71. The zero-order chi connectivity index (χ0) is 18.2. The quantitative estimate of drug-likeness (QED) is 0.490. The van der Waals surface area contributed by atoms with Crippen LogP contribution in [0, 0.1) is 5.92 Å². The molecule has 1 aliphatic carbocycles. The number of hydrogen-bond acceptors (Lipinski definition) is 5. The lowest BCUT2D eigenvalue weighted by atomic mass is 9.89. The molecule has 5 nitrogen and oxygen atoms in total. The Bertz CT molecular complexity index is 655. The Morgan fingerprint density at radius 3 is 2.69 bits per heavy atom. The molecule has 0 aliphatic heterocycles. The molecule has 0 N–H and O–H groups in total. The van der Waals surface area contributed by atoms with Crippen molar-refractivity contribution >= 4 is 11.8 Å². The van der Waals surface area contributed by atoms with Gasteiger partial charge >= 0.3 is 0 Å². The Morgan fingerprint density at radius 1 is 1.15 bits per heavy atom. The van der Waals surface area contributed by atoms with Crippen LogP contribution in [0.15, 0.2) is 35.5 Å². The highest BCUT2D eigenvalue weighted by Crippen LogP contribution is 2.24. The largest absolute Gasteiger partial charge is 0.493 e. The minimum absolute atomic E-state index is 0.665. The van der Waals surface area contributed by atoms with E-state index in [0.29, 0.717) is 6.61 Å². The zero-order valence-corrected chi connectivity index (χ0v) is 16.7. The highest BCUT2D eigenvalue weighted by atomic mass is 32.2. The number of rotatable bonds is 9. The summed E-state index contributed by atoms with van der Waals surface area (Å²) in [4.78, 5) is 2.40. The number of hydrogen-bond donors (Lipinski definition) is 0. The molecule has 1 aromatic heterocycles. The third-order valence-electron chi connectivity index (χ3n) is 4.96. The van der Waals surface area contributed by atoms with E-state index < -0.39 is 0 Å². The van der Waals surface area contributed by atoms with Crippen LogP contribution in [0.5, 0.6) is 5.75 Å². The third kappa shape index (κ3) is 5.74. The molecule has 6 heteroatoms. The van der Waals surface area contributed by atoms with E-state index in [-0.39, 0.29) is 0 Å². The fraction of sp³-hybridized carbons (Fsp3) is 0.600. The number of ether oxygens (including phenoxy) is 1. The van der Waals surface area contributed by atoms with Gasteiger partial charge in [-0.15, -0.1) is 10.2 Å². The van der Waals surface area contributed by atoms with Crippen LogP contribution >= 0.6 is 11.8 Å². The number of nitrogens with zero attached hydrogens (tertiary/aromatic N) is 4. The van der Waals surface area contributed by atoms with E-state index >= 15 is 0 Å². The Balaban J connectivity index is 1.42. The maximum Gasteiger partial charge on any atom is 0.191 e. The second kappa shape index (κ2) is 9.97. The Morgan fingerprint density at radius 2 is 1.92 bits per heavy atom. The van der Waals surface area contributed by atoms with Gasteiger partial charge in [0.2, 0.25) is 0 Å². The number of thioether (sulfide) groups is 1. The minimum Gasteiger partial charge on any atom is -0.493 e. The van der Waals surface area contributed by atoms with E-state index in [1.165, 1.54) is 38.6 Å². The van der Waals surface area contributed by atoms with Crippen molar-refractivity contribution in [3.63, 3.8) is 0 Å². The molecular formula is C20H30N4OS. The van der Waals surface area contributed by atoms with Crippen molar-refractivity contribution in [2.24, 2.45) is 13.0 Å². The normalized spacial score (nSPS) is 15.5. The first-order chi connectivity index (χ1) is 12.7. The van der Waals surface area contributed by atoms with Crippen LogP contribution < -0.4 is 4.74 Å². The first-order valence-electron chi connectivity index (χ1n) is 9.60. The molecule has 0 unspecified atom stereocenters. The SMILES string of the molecule is CN(Cc1nnc(SCCOc2ccccc2)n1C)CC1CCCCC1. The molecule has 3 rings (SSSR count). The van der Waals surface area contributed by atoms with Crippen LogP contribution in [0.2, 0.25) is 0 Å². The van der Waals surface area contributed by atoms with Gasteiger partial charge < -0.3 is 9.30 Å². The zero-order valence-electron chi connectivity index (χ0n) is 15.9. The van der Waals surface area contributed by atoms with Crippen molar-refractivity contribution < 1.29 is 4.74 Å². The van der Waals surface area contributed by atoms with Gasteiger partial charge in [-0.25, -0.2) is 0 Å². The van der Waals surface area contributed by atoms with Gasteiger partial charge in [0.15, 0.2) is 5.16 Å². The summed E-state index contributed by atoms with van der Waals surface area (Å²) in [7, 11) is 4.26. The second-order valence-electron chi connectivity index (χ2n) is 7.17. The van der Waals surface area contributed by atoms with Gasteiger partial charge in [-0.05, 0) is 37.9 Å². The van der Waals surface area contributed by atoms with E-state index in [1.807, 2.05) is 30.3 Å². The molecule has 1 aromatic carbocycles. The fourth-order valence-electron chi connectivity index (χ4n) is 3.53. The second-order valence-corrected chi connectivity index (χ2v) is 8.23. The lowest BCUT2D eigenvalue weighted by molar-refractivity contribution is 0.222. The smallest absolute Gasteiger partial charge is 0.191 e. The standard InChI is InChI=1S/C20H30N4OS/c1-23(15-17-9-5-3-6-10-17)16-19-21-22-20(24(19)2)26-14-13-25-18-11-7-4-8-12-18/h4,7-8,11-12,17H,3,5-6,9-10,13-16H2,1-2H3. The van der Waals surface area contributed by atoms with Gasteiger partial charge in [-0.1, -0.05) is 49.2 Å². The number of aromatic nitrogens is 3. The van der Waals surface area contributed by atoms with E-state index in [2.05, 4.69) is 33.8 Å². The summed E-state index contributed by atoms with van der Waals surface area (Å²) in [6.07, 6.45) is 6.97. The van der Waals surface area contributed by atoms with Crippen LogP contribution in [-0.2, 0) is 13.6 Å². The molecule has 1 aliphatic rings. The molecular weight excluding hydrogens is 344 g/mol. The minimum atomic E-state index is 0.665. The molecule has 0 saturated heterocycles. The molecule has 0 atom stereocenters. The molecule has 0 spiro atoms. The Labute approximate surface area is 161 Å². The summed E-state index contributed by atoms with van der Waals surface area (Å²) in [6, 6.07) is 9.93. The average Bonchev–Trinajstić information content (AvgIpc) is 3.00. The van der Waals surface area contributed by atoms with Gasteiger partial charge in [0.1, 0.15) is 11.6 Å². The first kappa shape index (κ1) is 19.2. The maximum atomic E-state index is 5.74. The molecule has 142 valence electrons. The third-order valence-corrected chi connectivity index (χ3v) is 5.94. The summed E-state index contributed by atoms with van der Waals surface area (Å²) >= 11 is 1.70. The van der Waals surface area contributed by atoms with E-state index in [1.54, 1.807) is 11.8 Å². The summed E-state index contributed by atoms with van der Waals surface area (Å²) in [6.45, 7) is 2.69. The van der Waals surface area contributed by atoms with Crippen molar-refractivity contribution in [1.29, 1.82) is 0 Å². The van der Waals surface area contributed by atoms with Gasteiger partial charge in [0.05, 0.1) is 13.2 Å². The van der Waals surface area contributed by atoms with Crippen molar-refractivity contribution in [2.75, 3.05) is 26.0 Å². The van der Waals surface area contributed by atoms with Crippen LogP contribution in [0.4, 0.5) is 0 Å². The van der Waals surface area contributed by atoms with Gasteiger partial charge in [-0.2, -0.15) is 0 Å². The molecule has 1 heterocycles. The summed E-state index contributed by atoms with van der Waals surface area (Å²) in [5.74, 6) is 3.66. The van der Waals surface area contributed by atoms with Crippen molar-refractivity contribution in [3.8, 4) is 5.75 Å². The van der Waals surface area contributed by atoms with Gasteiger partial charge in [0, 0.05) is 19.3 Å². The number of para-hydroxylation sites is 1. The summed E-state index contributed by atoms with van der Waals surface area (Å²) < 4.78 is 7.85. The maximum absolute atomic E-state index is 5.74. The predicted octanol–water partition coefficient (Wildman–Crippen LogP) is 4.00. The van der Waals surface area contributed by atoms with Crippen LogP contribution in [0.25, 0.3) is 0 Å². The van der Waals surface area contributed by atoms with Crippen molar-refractivity contribution in [1.82, 2.24) is 19.7 Å². The van der Waals surface area contributed by atoms with E-state index in [0.717, 1.165) is 34.9 Å². The molecule has 26 heavy (non-hydrogen) atoms. The fourth-order valence-corrected chi connectivity index (χ4v) is 4.28. The predicted molar refractivity (Wildman–Crippen MR) is 107 cm³/mol. The molecule has 1 fully saturated rings. The topological polar surface area (TPSA) is 43.2 Å². The number of benzene rings is 1. The van der Waals surface area contributed by atoms with Crippen molar-refractivity contribution in [3.05, 3.63) is 36.2 Å². The lowest BCUT2D eigenvalue weighted by Gasteiger charge is -2.26. The first-order valence-corrected chi connectivity index (χ1v) is 10.6. The molecule has 0 bridgehead atoms. The average molecular weight is 375 g/mol. The van der Waals surface area contributed by atoms with Crippen molar-refractivity contribution in [2.45, 2.75) is 43.8 Å². The Hall–Kier alpha value is -1.53. The Kier molecular flexibility index (Phi) is 7.38.